The van der Waals surface area contributed by atoms with Gasteiger partial charge in [-0.2, -0.15) is 0 Å². The van der Waals surface area contributed by atoms with Crippen LogP contribution in [0.5, 0.6) is 17.2 Å². The Kier molecular flexibility index (Phi) is 6.26. The van der Waals surface area contributed by atoms with E-state index in [4.69, 9.17) is 27.9 Å². The molecule has 0 spiro atoms. The highest BCUT2D eigenvalue weighted by atomic mass is 79.9. The molecule has 4 nitrogen and oxygen atoms in total. The minimum absolute atomic E-state index is 0.0396. The largest absolute Gasteiger partial charge is 0.505 e. The van der Waals surface area contributed by atoms with Gasteiger partial charge >= 0.3 is 5.97 Å². The van der Waals surface area contributed by atoms with Crippen molar-refractivity contribution in [3.05, 3.63) is 79.3 Å². The van der Waals surface area contributed by atoms with Crippen LogP contribution in [0.2, 0.25) is 10.0 Å². The average molecular weight is 715 g/mol. The van der Waals surface area contributed by atoms with Crippen LogP contribution in [0.15, 0.2) is 42.2 Å². The fraction of sp³-hybridized carbons (Fsp3) is 0. The Bertz CT molecular complexity index is 1440. The van der Waals surface area contributed by atoms with Crippen molar-refractivity contribution in [1.82, 2.24) is 0 Å². The van der Waals surface area contributed by atoms with E-state index in [2.05, 4.69) is 70.3 Å². The molecule has 0 amide bonds. The number of hydrogen-bond donors (Lipinski definition) is 2. The van der Waals surface area contributed by atoms with Crippen molar-refractivity contribution < 1.29 is 19.7 Å². The molecule has 0 saturated carbocycles. The Labute approximate surface area is 219 Å². The fourth-order valence-electron chi connectivity index (χ4n) is 3.32. The van der Waals surface area contributed by atoms with Gasteiger partial charge in [-0.05, 0) is 77.3 Å². The van der Waals surface area contributed by atoms with Crippen LogP contribution in [-0.4, -0.2) is 16.2 Å². The molecule has 1 aliphatic rings. The zero-order chi connectivity index (χ0) is 22.8. The first kappa shape index (κ1) is 23.1. The van der Waals surface area contributed by atoms with Gasteiger partial charge in [0.25, 0.3) is 0 Å². The number of halogens is 6. The van der Waals surface area contributed by atoms with Crippen molar-refractivity contribution >= 4 is 105 Å². The molecule has 0 radical (unpaired) electrons. The van der Waals surface area contributed by atoms with E-state index in [1.807, 2.05) is 0 Å². The van der Waals surface area contributed by atoms with Crippen LogP contribution < -0.4 is 15.2 Å². The third kappa shape index (κ3) is 3.65. The molecule has 0 bridgehead atoms. The summed E-state index contributed by atoms with van der Waals surface area (Å²) in [4.78, 5) is 12.2. The van der Waals surface area contributed by atoms with Crippen molar-refractivity contribution in [2.24, 2.45) is 0 Å². The summed E-state index contributed by atoms with van der Waals surface area (Å²) >= 11 is 26.5. The molecule has 0 saturated heterocycles. The zero-order valence-corrected chi connectivity index (χ0v) is 22.9. The van der Waals surface area contributed by atoms with Crippen LogP contribution in [0.3, 0.4) is 0 Å². The number of fused-ring (bicyclic) bond motifs is 2. The second-order valence-corrected chi connectivity index (χ2v) is 10.6. The molecule has 158 valence electrons. The molecule has 0 aromatic heterocycles. The number of carboxylic acids is 1. The predicted octanol–water partition coefficient (Wildman–Crippen LogP) is 7.21. The standard InChI is InChI=1S/C21H8Br4Cl2O4/c1-6-9(22)4-7-13(14-11(26)2-3-12(27)15(14)21(29)30)8-5-10(23)18(28)17(25)20(8)31-19(7)16(6)24/h2-5,28H,1H2,(H,29,30). The van der Waals surface area contributed by atoms with Crippen LogP contribution in [0, 0.1) is 0 Å². The third-order valence-corrected chi connectivity index (χ3v) is 8.24. The fourth-order valence-corrected chi connectivity index (χ4v) is 6.22. The molecule has 3 aromatic carbocycles. The monoisotopic (exact) mass is 710 g/mol. The van der Waals surface area contributed by atoms with E-state index in [1.165, 1.54) is 12.1 Å². The van der Waals surface area contributed by atoms with Crippen molar-refractivity contribution in [2.75, 3.05) is 0 Å². The van der Waals surface area contributed by atoms with E-state index in [9.17, 15) is 15.0 Å². The Morgan fingerprint density at radius 1 is 0.968 bits per heavy atom. The molecular weight excluding hydrogens is 707 g/mol. The van der Waals surface area contributed by atoms with E-state index < -0.39 is 5.97 Å². The molecule has 1 aliphatic heterocycles. The molecule has 31 heavy (non-hydrogen) atoms. The zero-order valence-electron chi connectivity index (χ0n) is 15.0. The summed E-state index contributed by atoms with van der Waals surface area (Å²) in [6.07, 6.45) is 0. The smallest absolute Gasteiger partial charge is 0.337 e. The molecule has 0 unspecified atom stereocenters. The highest BCUT2D eigenvalue weighted by molar-refractivity contribution is 9.11. The lowest BCUT2D eigenvalue weighted by Crippen LogP contribution is -2.23. The molecule has 3 aromatic rings. The van der Waals surface area contributed by atoms with Gasteiger partial charge in [0.05, 0.1) is 19.5 Å². The molecule has 1 heterocycles. The van der Waals surface area contributed by atoms with E-state index in [0.29, 0.717) is 40.7 Å². The summed E-state index contributed by atoms with van der Waals surface area (Å²) in [5.74, 6) is -0.614. The average Bonchev–Trinajstić information content (AvgIpc) is 2.71. The van der Waals surface area contributed by atoms with Gasteiger partial charge in [0.2, 0.25) is 0 Å². The number of aromatic carboxylic acids is 1. The molecular formula is C21H8Br4Cl2O4. The van der Waals surface area contributed by atoms with Crippen molar-refractivity contribution in [1.29, 1.82) is 0 Å². The van der Waals surface area contributed by atoms with Gasteiger partial charge in [-0.15, -0.1) is 0 Å². The Balaban J connectivity index is 2.34. The minimum Gasteiger partial charge on any atom is -0.505 e. The molecule has 10 heteroatoms. The minimum atomic E-state index is -1.23. The number of phenolic OH excluding ortho intramolecular Hbond substituents is 1. The van der Waals surface area contributed by atoms with E-state index in [1.54, 1.807) is 12.1 Å². The van der Waals surface area contributed by atoms with Crippen LogP contribution >= 0.6 is 86.9 Å². The van der Waals surface area contributed by atoms with Gasteiger partial charge in [-0.1, -0.05) is 45.7 Å². The summed E-state index contributed by atoms with van der Waals surface area (Å²) in [6.45, 7) is 4.02. The number of benzene rings is 3. The Hall–Kier alpha value is -1.03. The molecule has 2 N–H and O–H groups in total. The van der Waals surface area contributed by atoms with Gasteiger partial charge in [-0.3, -0.25) is 0 Å². The van der Waals surface area contributed by atoms with Crippen LogP contribution in [0.4, 0.5) is 0 Å². The van der Waals surface area contributed by atoms with E-state index in [-0.39, 0.29) is 37.1 Å². The second-order valence-electron chi connectivity index (χ2n) is 6.49. The quantitative estimate of drug-likeness (QED) is 0.231. The van der Waals surface area contributed by atoms with Gasteiger partial charge in [0.1, 0.15) is 16.0 Å². The lowest BCUT2D eigenvalue weighted by molar-refractivity contribution is 0.0696. The Morgan fingerprint density at radius 2 is 1.61 bits per heavy atom. The van der Waals surface area contributed by atoms with Crippen LogP contribution in [-0.2, 0) is 0 Å². The second kappa shape index (κ2) is 8.39. The first-order valence-corrected chi connectivity index (χ1v) is 12.3. The van der Waals surface area contributed by atoms with Gasteiger partial charge < -0.3 is 14.9 Å². The maximum Gasteiger partial charge on any atom is 0.337 e. The van der Waals surface area contributed by atoms with Crippen LogP contribution in [0.1, 0.15) is 21.5 Å². The molecule has 0 atom stereocenters. The number of ether oxygens (including phenoxy) is 1. The summed E-state index contributed by atoms with van der Waals surface area (Å²) in [5, 5.41) is 21.8. The first-order valence-electron chi connectivity index (χ1n) is 8.36. The van der Waals surface area contributed by atoms with Crippen molar-refractivity contribution in [3.8, 4) is 17.2 Å². The molecule has 0 aliphatic carbocycles. The first-order chi connectivity index (χ1) is 14.5. The highest BCUT2D eigenvalue weighted by Gasteiger charge is 2.31. The predicted molar refractivity (Wildman–Crippen MR) is 135 cm³/mol. The molecule has 0 fully saturated rings. The summed E-state index contributed by atoms with van der Waals surface area (Å²) in [7, 11) is 0. The summed E-state index contributed by atoms with van der Waals surface area (Å²) < 4.78 is 8.06. The number of rotatable bonds is 2. The number of carboxylic acid groups (broad SMARTS) is 1. The normalized spacial score (nSPS) is 12.3. The van der Waals surface area contributed by atoms with Crippen LogP contribution in [0.25, 0.3) is 12.2 Å². The Morgan fingerprint density at radius 3 is 2.26 bits per heavy atom. The van der Waals surface area contributed by atoms with Crippen molar-refractivity contribution in [2.45, 2.75) is 0 Å². The summed E-state index contributed by atoms with van der Waals surface area (Å²) in [6, 6.07) is 6.39. The number of aromatic hydroxyl groups is 1. The summed E-state index contributed by atoms with van der Waals surface area (Å²) in [5.41, 5.74) is 1.07. The van der Waals surface area contributed by atoms with Gasteiger partial charge in [-0.25, -0.2) is 4.79 Å². The maximum absolute atomic E-state index is 12.2. The van der Waals surface area contributed by atoms with Gasteiger partial charge in [0.15, 0.2) is 5.75 Å². The van der Waals surface area contributed by atoms with E-state index >= 15 is 0 Å². The van der Waals surface area contributed by atoms with Crippen molar-refractivity contribution in [3.63, 3.8) is 0 Å². The lowest BCUT2D eigenvalue weighted by atomic mass is 9.89. The highest BCUT2D eigenvalue weighted by Crippen LogP contribution is 2.50. The number of hydrogen-bond acceptors (Lipinski definition) is 3. The molecule has 4 rings (SSSR count). The van der Waals surface area contributed by atoms with Gasteiger partial charge in [0, 0.05) is 31.4 Å². The lowest BCUT2D eigenvalue weighted by Gasteiger charge is -2.25. The third-order valence-electron chi connectivity index (χ3n) is 4.73. The number of phenols is 1. The number of carbonyl (C=O) groups is 1. The maximum atomic E-state index is 12.2. The topological polar surface area (TPSA) is 66.8 Å². The SMILES string of the molecule is C=c1c(Br)cc2c(c1Br)Oc1c(cc(Br)c(O)c1Br)C=2c1c(Cl)ccc(Cl)c1C(=O)O. The van der Waals surface area contributed by atoms with E-state index in [0.717, 1.165) is 0 Å².